The molecule has 21 nitrogen and oxygen atoms in total. The smallest absolute Gasteiger partial charge is 0.303 e. The number of nitrogens with zero attached hydrogens (tertiary/aromatic N) is 6. The monoisotopic (exact) mass is 1010 g/mol. The Labute approximate surface area is 422 Å². The summed E-state index contributed by atoms with van der Waals surface area (Å²) in [5, 5.41) is 18.7. The van der Waals surface area contributed by atoms with Crippen LogP contribution in [0.1, 0.15) is 26.7 Å². The Morgan fingerprint density at radius 2 is 0.929 bits per heavy atom. The third-order valence-corrected chi connectivity index (χ3v) is 12.2. The minimum Gasteiger partial charge on any atom is -0.459 e. The van der Waals surface area contributed by atoms with Gasteiger partial charge in [0, 0.05) is 106 Å². The van der Waals surface area contributed by atoms with E-state index < -0.39 is 5.60 Å². The van der Waals surface area contributed by atoms with E-state index in [1.165, 1.54) is 19.8 Å². The molecule has 70 heavy (non-hydrogen) atoms. The van der Waals surface area contributed by atoms with Crippen molar-refractivity contribution in [3.8, 4) is 0 Å². The van der Waals surface area contributed by atoms with Crippen LogP contribution in [-0.4, -0.2) is 329 Å². The number of β-amino-alcohol motifs (C(OH)–C–C–N with tert-alkyl or cyclic N) is 1. The first-order valence-electron chi connectivity index (χ1n) is 25.6. The van der Waals surface area contributed by atoms with Crippen LogP contribution in [0.25, 0.3) is 0 Å². The molecule has 416 valence electrons. The summed E-state index contributed by atoms with van der Waals surface area (Å²) in [5.41, 5.74) is -0.550. The highest BCUT2D eigenvalue weighted by Crippen LogP contribution is 2.40. The molecule has 1 aliphatic carbocycles. The van der Waals surface area contributed by atoms with Gasteiger partial charge in [-0.1, -0.05) is 0 Å². The van der Waals surface area contributed by atoms with Crippen LogP contribution in [0.4, 0.5) is 0 Å². The van der Waals surface area contributed by atoms with Gasteiger partial charge < -0.3 is 96.5 Å². The van der Waals surface area contributed by atoms with Crippen LogP contribution >= 0.6 is 0 Å². The Hall–Kier alpha value is -1.29. The van der Waals surface area contributed by atoms with Crippen molar-refractivity contribution >= 4 is 5.97 Å². The first-order valence-corrected chi connectivity index (χ1v) is 25.6. The Morgan fingerprint density at radius 3 is 1.34 bits per heavy atom. The fourth-order valence-corrected chi connectivity index (χ4v) is 8.07. The third-order valence-electron chi connectivity index (χ3n) is 12.2. The fraction of sp³-hybridized carbons (Fsp3) is 0.980. The van der Waals surface area contributed by atoms with Crippen molar-refractivity contribution in [3.05, 3.63) is 0 Å². The van der Waals surface area contributed by atoms with Gasteiger partial charge >= 0.3 is 5.97 Å². The molecule has 6 aliphatic heterocycles. The van der Waals surface area contributed by atoms with Crippen LogP contribution < -0.4 is 0 Å². The molecule has 0 amide bonds. The van der Waals surface area contributed by atoms with Crippen LogP contribution in [0, 0.1) is 5.92 Å². The van der Waals surface area contributed by atoms with Crippen molar-refractivity contribution in [2.24, 2.45) is 5.92 Å². The average Bonchev–Trinajstić information content (AvgIpc) is 4.21. The third kappa shape index (κ3) is 32.8. The molecule has 0 bridgehead atoms. The predicted molar refractivity (Wildman–Crippen MR) is 268 cm³/mol. The molecule has 0 aromatic carbocycles. The molecule has 0 aromatic rings. The molecule has 6 atom stereocenters. The molecular weight excluding hydrogens is 913 g/mol. The summed E-state index contributed by atoms with van der Waals surface area (Å²) in [4.78, 5) is 23.8. The molecule has 2 N–H and O–H groups in total. The van der Waals surface area contributed by atoms with E-state index in [9.17, 15) is 9.90 Å². The highest BCUT2D eigenvalue weighted by atomic mass is 16.6. The van der Waals surface area contributed by atoms with Crippen molar-refractivity contribution in [1.82, 2.24) is 29.4 Å². The van der Waals surface area contributed by atoms with Gasteiger partial charge in [-0.2, -0.15) is 0 Å². The number of rotatable bonds is 12. The summed E-state index contributed by atoms with van der Waals surface area (Å²) in [6.07, 6.45) is 3.09. The van der Waals surface area contributed by atoms with Crippen LogP contribution in [0.3, 0.4) is 0 Å². The van der Waals surface area contributed by atoms with Crippen molar-refractivity contribution in [1.29, 1.82) is 0 Å². The summed E-state index contributed by atoms with van der Waals surface area (Å²) >= 11 is 0. The van der Waals surface area contributed by atoms with E-state index in [-0.39, 0.29) is 43.1 Å². The lowest BCUT2D eigenvalue weighted by Gasteiger charge is -2.28. The van der Waals surface area contributed by atoms with Gasteiger partial charge in [0.15, 0.2) is 0 Å². The zero-order valence-corrected chi connectivity index (χ0v) is 45.3. The van der Waals surface area contributed by atoms with E-state index in [4.69, 9.17) is 61.9 Å². The maximum atomic E-state index is 10.6. The van der Waals surface area contributed by atoms with Gasteiger partial charge in [-0.3, -0.25) is 4.79 Å². The summed E-state index contributed by atoms with van der Waals surface area (Å²) < 4.78 is 63.6. The van der Waals surface area contributed by atoms with Gasteiger partial charge in [-0.05, 0) is 68.0 Å². The van der Waals surface area contributed by atoms with Gasteiger partial charge in [0.2, 0.25) is 0 Å². The van der Waals surface area contributed by atoms with E-state index in [1.54, 1.807) is 14.2 Å². The molecule has 7 aliphatic rings. The lowest BCUT2D eigenvalue weighted by Crippen LogP contribution is -2.44. The quantitative estimate of drug-likeness (QED) is 0.190. The molecule has 21 heteroatoms. The number of aliphatic hydroxyl groups is 2. The van der Waals surface area contributed by atoms with E-state index in [0.717, 1.165) is 131 Å². The Balaban J connectivity index is 0.000000289. The maximum Gasteiger partial charge on any atom is 0.303 e. The van der Waals surface area contributed by atoms with E-state index in [2.05, 4.69) is 50.5 Å². The lowest BCUT2D eigenvalue weighted by atomic mass is 9.99. The normalized spacial score (nSPS) is 29.5. The fourth-order valence-electron chi connectivity index (χ4n) is 8.07. The zero-order valence-electron chi connectivity index (χ0n) is 45.3. The number of aliphatic hydroxyl groups excluding tert-OH is 1. The topological polar surface area (TPSA) is 188 Å². The van der Waals surface area contributed by atoms with Crippen molar-refractivity contribution in [2.75, 3.05) is 247 Å². The Bertz CT molecular complexity index is 1260. The molecule has 6 saturated heterocycles. The molecule has 0 aromatic heterocycles. The van der Waals surface area contributed by atoms with Crippen molar-refractivity contribution in [2.45, 2.75) is 62.8 Å². The maximum absolute atomic E-state index is 10.6. The largest absolute Gasteiger partial charge is 0.459 e. The van der Waals surface area contributed by atoms with E-state index in [0.29, 0.717) is 58.8 Å². The summed E-state index contributed by atoms with van der Waals surface area (Å²) in [6.45, 7) is 25.8. The van der Waals surface area contributed by atoms with Crippen LogP contribution in [0.15, 0.2) is 0 Å². The molecule has 0 radical (unpaired) electrons. The number of hydrogen-bond donors (Lipinski definition) is 2. The Kier molecular flexibility index (Phi) is 37.1. The highest BCUT2D eigenvalue weighted by Gasteiger charge is 2.45. The summed E-state index contributed by atoms with van der Waals surface area (Å²) in [6, 6.07) is 0. The number of likely N-dealkylation sites (N-methyl/N-ethyl adjacent to an activating group) is 6. The number of ether oxygens (including phenoxy) is 12. The van der Waals surface area contributed by atoms with Crippen molar-refractivity contribution < 1.29 is 71.8 Å². The second kappa shape index (κ2) is 40.1. The first-order chi connectivity index (χ1) is 33.7. The van der Waals surface area contributed by atoms with Crippen LogP contribution in [0.5, 0.6) is 0 Å². The van der Waals surface area contributed by atoms with Crippen LogP contribution in [0.2, 0.25) is 0 Å². The van der Waals surface area contributed by atoms with E-state index in [1.807, 2.05) is 28.1 Å². The number of carbonyl (C=O) groups excluding carboxylic acids is 1. The molecule has 7 rings (SSSR count). The minimum atomic E-state index is -0.550. The first kappa shape index (κ1) is 64.8. The van der Waals surface area contributed by atoms with Crippen LogP contribution in [-0.2, 0) is 61.6 Å². The predicted octanol–water partition coefficient (Wildman–Crippen LogP) is -0.408. The molecular formula is C49H100N6O15. The summed E-state index contributed by atoms with van der Waals surface area (Å²) in [5.74, 6) is 0.261. The molecule has 6 heterocycles. The number of esters is 1. The zero-order chi connectivity index (χ0) is 51.4. The number of carbonyl (C=O) groups is 1. The highest BCUT2D eigenvalue weighted by molar-refractivity contribution is 5.66. The molecule has 1 saturated carbocycles. The standard InChI is InChI=1S/C9H19NO3.C9H17NO2.C8H15NO3.C8H17NO3.C8H17NO2.C7H15NO2/c1-10-3-4-12-8-9(7-10)13-6-5-11-2;1-10-4-5-12-7-9(11,6-10)8-2-3-8;1-7(10)12-8-5-9(2)3-4-11-6-8;1-9-2-4-11-7-8(6-9)12-5-3-10;1-3-11-8-6-9(2)4-5-10-7-8;1-8-3-4-10-6-7(5-8)9-2/h9H,3-8H2,1-2H3;8,11H,2-7H2,1H3;8H,3-6H2,1-2H3;8,10H,2-7H2,1H3;8H,3-7H2,1-2H3;7H,3-6H2,1-2H3. The van der Waals surface area contributed by atoms with Crippen molar-refractivity contribution in [3.63, 3.8) is 0 Å². The minimum absolute atomic E-state index is 0.0835. The SMILES string of the molecule is CC(=O)OC1COCCN(C)C1.CCOC1COCCN(C)C1.CN1CCOCC(O)(C2CC2)C1.CN1CCOCC(OCCO)C1.COC1COCCN(C)C1.COCCOC1COCCN(C)C1. The van der Waals surface area contributed by atoms with Gasteiger partial charge in [-0.15, -0.1) is 0 Å². The summed E-state index contributed by atoms with van der Waals surface area (Å²) in [7, 11) is 15.8. The second-order valence-corrected chi connectivity index (χ2v) is 19.2. The number of methoxy groups -OCH3 is 2. The van der Waals surface area contributed by atoms with Gasteiger partial charge in [-0.25, -0.2) is 0 Å². The average molecular weight is 1010 g/mol. The van der Waals surface area contributed by atoms with Gasteiger partial charge in [0.1, 0.15) is 11.7 Å². The number of hydrogen-bond acceptors (Lipinski definition) is 21. The molecule has 6 unspecified atom stereocenters. The lowest BCUT2D eigenvalue weighted by molar-refractivity contribution is -0.148. The van der Waals surface area contributed by atoms with E-state index >= 15 is 0 Å². The van der Waals surface area contributed by atoms with Gasteiger partial charge in [0.25, 0.3) is 0 Å². The molecule has 0 spiro atoms. The molecule has 7 fully saturated rings. The Morgan fingerprint density at radius 1 is 0.543 bits per heavy atom. The second-order valence-electron chi connectivity index (χ2n) is 19.2. The van der Waals surface area contributed by atoms with Gasteiger partial charge in [0.05, 0.1) is 130 Å².